The molecule has 128 valence electrons. The predicted octanol–water partition coefficient (Wildman–Crippen LogP) is 0.751. The maximum atomic E-state index is 12.5. The zero-order chi connectivity index (χ0) is 17.3. The van der Waals surface area contributed by atoms with Crippen LogP contribution in [0.2, 0.25) is 0 Å². The fourth-order valence-corrected chi connectivity index (χ4v) is 2.88. The van der Waals surface area contributed by atoms with Gasteiger partial charge in [-0.1, -0.05) is 6.92 Å². The van der Waals surface area contributed by atoms with Crippen LogP contribution in [0.3, 0.4) is 0 Å². The summed E-state index contributed by atoms with van der Waals surface area (Å²) in [5, 5.41) is 6.96. The van der Waals surface area contributed by atoms with Crippen LogP contribution in [0.15, 0.2) is 16.9 Å². The molecule has 8 nitrogen and oxygen atoms in total. The van der Waals surface area contributed by atoms with Gasteiger partial charge in [0.2, 0.25) is 5.95 Å². The van der Waals surface area contributed by atoms with Gasteiger partial charge in [-0.25, -0.2) is 4.98 Å². The molecule has 3 heterocycles. The van der Waals surface area contributed by atoms with Crippen LogP contribution in [0.25, 0.3) is 0 Å². The Morgan fingerprint density at radius 3 is 2.88 bits per heavy atom. The third-order valence-electron chi connectivity index (χ3n) is 4.30. The number of aromatic amines is 2. The highest BCUT2D eigenvalue weighted by atomic mass is 16.2. The summed E-state index contributed by atoms with van der Waals surface area (Å²) < 4.78 is 0. The van der Waals surface area contributed by atoms with Gasteiger partial charge in [-0.05, 0) is 18.9 Å². The van der Waals surface area contributed by atoms with Crippen LogP contribution in [0.1, 0.15) is 41.1 Å². The molecule has 1 aliphatic rings. The van der Waals surface area contributed by atoms with Gasteiger partial charge in [0.1, 0.15) is 5.69 Å². The summed E-state index contributed by atoms with van der Waals surface area (Å²) >= 11 is 0. The molecule has 0 bridgehead atoms. The SMILES string of the molecule is CCc1cc(C(=O)N2CCC(c3cc(=O)[nH]c(N(C)C)n3)C2)n[nH]1. The number of H-pyrrole nitrogens is 2. The van der Waals surface area contributed by atoms with Crippen LogP contribution in [-0.2, 0) is 6.42 Å². The van der Waals surface area contributed by atoms with E-state index in [0.29, 0.717) is 24.7 Å². The quantitative estimate of drug-likeness (QED) is 0.862. The van der Waals surface area contributed by atoms with E-state index in [-0.39, 0.29) is 17.4 Å². The van der Waals surface area contributed by atoms with Crippen molar-refractivity contribution in [1.29, 1.82) is 0 Å². The Labute approximate surface area is 139 Å². The number of hydrogen-bond acceptors (Lipinski definition) is 5. The number of anilines is 1. The number of aryl methyl sites for hydroxylation is 1. The number of carbonyl (C=O) groups excluding carboxylic acids is 1. The lowest BCUT2D eigenvalue weighted by Gasteiger charge is -2.16. The topological polar surface area (TPSA) is 98.0 Å². The molecule has 2 N–H and O–H groups in total. The van der Waals surface area contributed by atoms with Gasteiger partial charge in [0.15, 0.2) is 0 Å². The van der Waals surface area contributed by atoms with E-state index in [9.17, 15) is 9.59 Å². The Morgan fingerprint density at radius 1 is 1.42 bits per heavy atom. The average Bonchev–Trinajstić information content (AvgIpc) is 3.23. The normalized spacial score (nSPS) is 17.3. The molecule has 24 heavy (non-hydrogen) atoms. The summed E-state index contributed by atoms with van der Waals surface area (Å²) in [4.78, 5) is 35.1. The highest BCUT2D eigenvalue weighted by Gasteiger charge is 2.30. The summed E-state index contributed by atoms with van der Waals surface area (Å²) in [6.45, 7) is 3.20. The first-order valence-electron chi connectivity index (χ1n) is 8.10. The first-order chi connectivity index (χ1) is 11.5. The number of nitrogens with zero attached hydrogens (tertiary/aromatic N) is 4. The molecule has 8 heteroatoms. The van der Waals surface area contributed by atoms with Crippen molar-refractivity contribution in [2.24, 2.45) is 0 Å². The molecule has 2 aromatic rings. The first kappa shape index (κ1) is 16.2. The largest absolute Gasteiger partial charge is 0.348 e. The summed E-state index contributed by atoms with van der Waals surface area (Å²) in [5.41, 5.74) is 1.95. The Morgan fingerprint density at radius 2 is 2.21 bits per heavy atom. The number of nitrogens with one attached hydrogen (secondary N) is 2. The van der Waals surface area contributed by atoms with Crippen LogP contribution in [0, 0.1) is 0 Å². The number of carbonyl (C=O) groups is 1. The van der Waals surface area contributed by atoms with Crippen molar-refractivity contribution in [3.05, 3.63) is 39.6 Å². The van der Waals surface area contributed by atoms with Crippen molar-refractivity contribution < 1.29 is 4.79 Å². The molecule has 0 aliphatic carbocycles. The van der Waals surface area contributed by atoms with Gasteiger partial charge < -0.3 is 9.80 Å². The Hall–Kier alpha value is -2.64. The van der Waals surface area contributed by atoms with E-state index in [2.05, 4.69) is 20.2 Å². The van der Waals surface area contributed by atoms with Crippen molar-refractivity contribution in [1.82, 2.24) is 25.1 Å². The van der Waals surface area contributed by atoms with Gasteiger partial charge in [-0.3, -0.25) is 19.7 Å². The van der Waals surface area contributed by atoms with E-state index in [4.69, 9.17) is 0 Å². The number of likely N-dealkylation sites (tertiary alicyclic amines) is 1. The van der Waals surface area contributed by atoms with Crippen molar-refractivity contribution >= 4 is 11.9 Å². The van der Waals surface area contributed by atoms with Crippen molar-refractivity contribution in [2.45, 2.75) is 25.7 Å². The third kappa shape index (κ3) is 3.17. The lowest BCUT2D eigenvalue weighted by atomic mass is 10.1. The maximum Gasteiger partial charge on any atom is 0.274 e. The minimum absolute atomic E-state index is 0.0690. The molecule has 1 amide bonds. The maximum absolute atomic E-state index is 12.5. The molecule has 0 saturated carbocycles. The van der Waals surface area contributed by atoms with E-state index < -0.39 is 0 Å². The minimum Gasteiger partial charge on any atom is -0.348 e. The standard InChI is InChI=1S/C16H22N6O2/c1-4-11-7-13(20-19-11)15(24)22-6-5-10(9-22)12-8-14(23)18-16(17-12)21(2)3/h7-8,10H,4-6,9H2,1-3H3,(H,19,20)(H,17,18,23). The molecule has 3 rings (SSSR count). The molecule has 2 aromatic heterocycles. The smallest absolute Gasteiger partial charge is 0.274 e. The third-order valence-corrected chi connectivity index (χ3v) is 4.30. The van der Waals surface area contributed by atoms with E-state index in [0.717, 1.165) is 24.2 Å². The van der Waals surface area contributed by atoms with Gasteiger partial charge in [-0.2, -0.15) is 5.10 Å². The lowest BCUT2D eigenvalue weighted by Crippen LogP contribution is -2.29. The van der Waals surface area contributed by atoms with Gasteiger partial charge in [0, 0.05) is 44.9 Å². The fourth-order valence-electron chi connectivity index (χ4n) is 2.88. The van der Waals surface area contributed by atoms with Crippen LogP contribution in [-0.4, -0.2) is 58.2 Å². The molecule has 1 fully saturated rings. The molecule has 1 unspecified atom stereocenters. The zero-order valence-electron chi connectivity index (χ0n) is 14.2. The van der Waals surface area contributed by atoms with Gasteiger partial charge >= 0.3 is 0 Å². The molecular formula is C16H22N6O2. The summed E-state index contributed by atoms with van der Waals surface area (Å²) in [6, 6.07) is 3.32. The second-order valence-electron chi connectivity index (χ2n) is 6.26. The molecule has 0 radical (unpaired) electrons. The second-order valence-corrected chi connectivity index (χ2v) is 6.26. The highest BCUT2D eigenvalue weighted by Crippen LogP contribution is 2.26. The summed E-state index contributed by atoms with van der Waals surface area (Å²) in [5.74, 6) is 0.521. The van der Waals surface area contributed by atoms with Crippen LogP contribution >= 0.6 is 0 Å². The Bertz CT molecular complexity index is 794. The Balaban J connectivity index is 1.75. The lowest BCUT2D eigenvalue weighted by molar-refractivity contribution is 0.0785. The number of hydrogen-bond donors (Lipinski definition) is 2. The van der Waals surface area contributed by atoms with Gasteiger partial charge in [0.05, 0.1) is 5.69 Å². The van der Waals surface area contributed by atoms with E-state index in [1.807, 2.05) is 21.0 Å². The van der Waals surface area contributed by atoms with Gasteiger partial charge in [0.25, 0.3) is 11.5 Å². The van der Waals surface area contributed by atoms with Crippen molar-refractivity contribution in [2.75, 3.05) is 32.1 Å². The van der Waals surface area contributed by atoms with Crippen molar-refractivity contribution in [3.63, 3.8) is 0 Å². The molecule has 0 spiro atoms. The molecule has 1 aliphatic heterocycles. The highest BCUT2D eigenvalue weighted by molar-refractivity contribution is 5.92. The first-order valence-corrected chi connectivity index (χ1v) is 8.10. The van der Waals surface area contributed by atoms with Crippen LogP contribution < -0.4 is 10.5 Å². The van der Waals surface area contributed by atoms with E-state index in [1.54, 1.807) is 15.9 Å². The summed E-state index contributed by atoms with van der Waals surface area (Å²) in [7, 11) is 3.66. The molecular weight excluding hydrogens is 308 g/mol. The number of rotatable bonds is 4. The number of aromatic nitrogens is 4. The Kier molecular flexibility index (Phi) is 4.37. The zero-order valence-corrected chi connectivity index (χ0v) is 14.2. The monoisotopic (exact) mass is 330 g/mol. The second kappa shape index (κ2) is 6.46. The predicted molar refractivity (Wildman–Crippen MR) is 90.4 cm³/mol. The number of amides is 1. The van der Waals surface area contributed by atoms with E-state index >= 15 is 0 Å². The fraction of sp³-hybridized carbons (Fsp3) is 0.500. The van der Waals surface area contributed by atoms with Crippen LogP contribution in [0.5, 0.6) is 0 Å². The van der Waals surface area contributed by atoms with E-state index in [1.165, 1.54) is 6.07 Å². The minimum atomic E-state index is -0.173. The van der Waals surface area contributed by atoms with Gasteiger partial charge in [-0.15, -0.1) is 0 Å². The average molecular weight is 330 g/mol. The van der Waals surface area contributed by atoms with Crippen molar-refractivity contribution in [3.8, 4) is 0 Å². The summed E-state index contributed by atoms with van der Waals surface area (Å²) in [6.07, 6.45) is 1.60. The molecule has 1 atom stereocenters. The van der Waals surface area contributed by atoms with Crippen LogP contribution in [0.4, 0.5) is 5.95 Å². The molecule has 0 aromatic carbocycles. The molecule has 1 saturated heterocycles.